The summed E-state index contributed by atoms with van der Waals surface area (Å²) in [7, 11) is 0. The summed E-state index contributed by atoms with van der Waals surface area (Å²) in [6, 6.07) is 4.33. The lowest BCUT2D eigenvalue weighted by molar-refractivity contribution is 0.516. The fourth-order valence-electron chi connectivity index (χ4n) is 1.91. The third-order valence-corrected chi connectivity index (χ3v) is 4.02. The van der Waals surface area contributed by atoms with Gasteiger partial charge in [0, 0.05) is 22.9 Å². The van der Waals surface area contributed by atoms with Gasteiger partial charge in [0.15, 0.2) is 0 Å². The highest BCUT2D eigenvalue weighted by atomic mass is 35.5. The lowest BCUT2D eigenvalue weighted by Crippen LogP contribution is -2.38. The Morgan fingerprint density at radius 3 is 2.89 bits per heavy atom. The van der Waals surface area contributed by atoms with E-state index in [4.69, 9.17) is 17.4 Å². The first kappa shape index (κ1) is 14.4. The predicted molar refractivity (Wildman–Crippen MR) is 76.8 cm³/mol. The molecule has 1 atom stereocenters. The Hall–Kier alpha value is -1.01. The molecule has 0 bridgehead atoms. The molecule has 0 aliphatic carbocycles. The molecular formula is C13H15ClFN3S. The summed E-state index contributed by atoms with van der Waals surface area (Å²) in [6.45, 7) is 1.96. The topological polar surface area (TPSA) is 50.9 Å². The Morgan fingerprint density at radius 2 is 2.26 bits per heavy atom. The van der Waals surface area contributed by atoms with Gasteiger partial charge in [0.2, 0.25) is 0 Å². The third kappa shape index (κ3) is 3.98. The van der Waals surface area contributed by atoms with E-state index in [1.54, 1.807) is 17.4 Å². The molecule has 2 rings (SSSR count). The lowest BCUT2D eigenvalue weighted by Gasteiger charge is -2.15. The van der Waals surface area contributed by atoms with Gasteiger partial charge in [-0.05, 0) is 37.1 Å². The van der Waals surface area contributed by atoms with E-state index in [1.165, 1.54) is 12.1 Å². The molecule has 0 radical (unpaired) electrons. The summed E-state index contributed by atoms with van der Waals surface area (Å²) in [4.78, 5) is 4.40. The van der Waals surface area contributed by atoms with Gasteiger partial charge < -0.3 is 0 Å². The van der Waals surface area contributed by atoms with E-state index in [9.17, 15) is 4.39 Å². The largest absolute Gasteiger partial charge is 0.271 e. The van der Waals surface area contributed by atoms with E-state index >= 15 is 0 Å². The SMILES string of the molecule is Cc1nc(CC(Cc2cc(F)ccc2Cl)NN)cs1. The smallest absolute Gasteiger partial charge is 0.123 e. The van der Waals surface area contributed by atoms with Gasteiger partial charge in [-0.1, -0.05) is 11.6 Å². The molecule has 3 nitrogen and oxygen atoms in total. The Morgan fingerprint density at radius 1 is 1.47 bits per heavy atom. The molecule has 3 N–H and O–H groups in total. The molecule has 0 aliphatic heterocycles. The van der Waals surface area contributed by atoms with Crippen LogP contribution >= 0.6 is 22.9 Å². The number of rotatable bonds is 5. The van der Waals surface area contributed by atoms with Crippen LogP contribution < -0.4 is 11.3 Å². The second-order valence-corrected chi connectivity index (χ2v) is 5.83. The maximum Gasteiger partial charge on any atom is 0.123 e. The van der Waals surface area contributed by atoms with Crippen LogP contribution in [0.5, 0.6) is 0 Å². The summed E-state index contributed by atoms with van der Waals surface area (Å²) >= 11 is 7.66. The number of hydrogen-bond acceptors (Lipinski definition) is 4. The van der Waals surface area contributed by atoms with Gasteiger partial charge >= 0.3 is 0 Å². The van der Waals surface area contributed by atoms with E-state index in [0.717, 1.165) is 16.3 Å². The van der Waals surface area contributed by atoms with Crippen molar-refractivity contribution >= 4 is 22.9 Å². The van der Waals surface area contributed by atoms with Gasteiger partial charge in [-0.25, -0.2) is 9.37 Å². The normalized spacial score (nSPS) is 12.6. The van der Waals surface area contributed by atoms with Crippen LogP contribution in [-0.2, 0) is 12.8 Å². The molecule has 0 aliphatic rings. The van der Waals surface area contributed by atoms with Crippen LogP contribution in [0.15, 0.2) is 23.6 Å². The average Bonchev–Trinajstić information content (AvgIpc) is 2.78. The minimum atomic E-state index is -0.292. The molecule has 102 valence electrons. The van der Waals surface area contributed by atoms with E-state index < -0.39 is 0 Å². The summed E-state index contributed by atoms with van der Waals surface area (Å²) in [5.41, 5.74) is 4.47. The van der Waals surface area contributed by atoms with Crippen LogP contribution in [0.1, 0.15) is 16.3 Å². The standard InChI is InChI=1S/C13H15ClFN3S/c1-8-17-12(7-19-8)6-11(18-16)5-9-4-10(15)2-3-13(9)14/h2-4,7,11,18H,5-6,16H2,1H3. The summed E-state index contributed by atoms with van der Waals surface area (Å²) in [6.07, 6.45) is 1.25. The molecule has 2 aromatic rings. The summed E-state index contributed by atoms with van der Waals surface area (Å²) in [5, 5.41) is 3.58. The molecule has 0 amide bonds. The van der Waals surface area contributed by atoms with E-state index in [1.807, 2.05) is 12.3 Å². The van der Waals surface area contributed by atoms with Gasteiger partial charge in [0.1, 0.15) is 5.82 Å². The Balaban J connectivity index is 2.08. The van der Waals surface area contributed by atoms with Gasteiger partial charge in [0.25, 0.3) is 0 Å². The number of hydrogen-bond donors (Lipinski definition) is 2. The van der Waals surface area contributed by atoms with Crippen LogP contribution in [0, 0.1) is 12.7 Å². The number of aromatic nitrogens is 1. The fourth-order valence-corrected chi connectivity index (χ4v) is 2.73. The number of hydrazine groups is 1. The molecule has 0 spiro atoms. The number of halogens is 2. The number of nitrogens with two attached hydrogens (primary N) is 1. The predicted octanol–water partition coefficient (Wildman–Crippen LogP) is 2.86. The van der Waals surface area contributed by atoms with E-state index in [-0.39, 0.29) is 11.9 Å². The van der Waals surface area contributed by atoms with Gasteiger partial charge in [-0.15, -0.1) is 11.3 Å². The zero-order valence-electron chi connectivity index (χ0n) is 10.5. The van der Waals surface area contributed by atoms with Crippen molar-refractivity contribution in [2.75, 3.05) is 0 Å². The lowest BCUT2D eigenvalue weighted by atomic mass is 10.0. The highest BCUT2D eigenvalue weighted by Gasteiger charge is 2.13. The zero-order valence-corrected chi connectivity index (χ0v) is 12.1. The molecule has 1 heterocycles. The van der Waals surface area contributed by atoms with Crippen molar-refractivity contribution in [3.05, 3.63) is 50.7 Å². The van der Waals surface area contributed by atoms with E-state index in [2.05, 4.69) is 10.4 Å². The highest BCUT2D eigenvalue weighted by molar-refractivity contribution is 7.09. The Labute approximate surface area is 120 Å². The van der Waals surface area contributed by atoms with Crippen LogP contribution in [0.4, 0.5) is 4.39 Å². The van der Waals surface area contributed by atoms with Gasteiger partial charge in [-0.2, -0.15) is 0 Å². The average molecular weight is 300 g/mol. The zero-order chi connectivity index (χ0) is 13.8. The van der Waals surface area contributed by atoms with Crippen molar-refractivity contribution in [1.82, 2.24) is 10.4 Å². The van der Waals surface area contributed by atoms with Crippen molar-refractivity contribution in [1.29, 1.82) is 0 Å². The fraction of sp³-hybridized carbons (Fsp3) is 0.308. The molecule has 0 fully saturated rings. The van der Waals surface area contributed by atoms with Gasteiger partial charge in [-0.3, -0.25) is 11.3 Å². The molecule has 1 aromatic heterocycles. The molecular weight excluding hydrogens is 285 g/mol. The van der Waals surface area contributed by atoms with Crippen LogP contribution in [0.25, 0.3) is 0 Å². The molecule has 19 heavy (non-hydrogen) atoms. The van der Waals surface area contributed by atoms with Crippen molar-refractivity contribution in [2.45, 2.75) is 25.8 Å². The second-order valence-electron chi connectivity index (χ2n) is 4.37. The molecule has 0 saturated heterocycles. The minimum absolute atomic E-state index is 0.0270. The summed E-state index contributed by atoms with van der Waals surface area (Å²) in [5.74, 6) is 5.26. The Bertz CT molecular complexity index is 559. The molecule has 1 aromatic carbocycles. The van der Waals surface area contributed by atoms with Crippen molar-refractivity contribution < 1.29 is 4.39 Å². The third-order valence-electron chi connectivity index (χ3n) is 2.83. The van der Waals surface area contributed by atoms with Crippen LogP contribution in [0.2, 0.25) is 5.02 Å². The first-order valence-corrected chi connectivity index (χ1v) is 7.15. The second kappa shape index (κ2) is 6.43. The number of thiazole rings is 1. The van der Waals surface area contributed by atoms with Crippen molar-refractivity contribution in [3.8, 4) is 0 Å². The highest BCUT2D eigenvalue weighted by Crippen LogP contribution is 2.20. The van der Waals surface area contributed by atoms with Crippen molar-refractivity contribution in [3.63, 3.8) is 0 Å². The molecule has 1 unspecified atom stereocenters. The maximum absolute atomic E-state index is 13.2. The number of nitrogens with zero attached hydrogens (tertiary/aromatic N) is 1. The molecule has 0 saturated carbocycles. The van der Waals surface area contributed by atoms with Crippen molar-refractivity contribution in [2.24, 2.45) is 5.84 Å². The van der Waals surface area contributed by atoms with Gasteiger partial charge in [0.05, 0.1) is 10.7 Å². The number of aryl methyl sites for hydroxylation is 1. The monoisotopic (exact) mass is 299 g/mol. The molecule has 6 heteroatoms. The maximum atomic E-state index is 13.2. The Kier molecular flexibility index (Phi) is 4.87. The summed E-state index contributed by atoms with van der Waals surface area (Å²) < 4.78 is 13.2. The number of benzene rings is 1. The quantitative estimate of drug-likeness (QED) is 0.659. The van der Waals surface area contributed by atoms with Crippen LogP contribution in [0.3, 0.4) is 0 Å². The minimum Gasteiger partial charge on any atom is -0.271 e. The first-order chi connectivity index (χ1) is 9.08. The van der Waals surface area contributed by atoms with E-state index in [0.29, 0.717) is 17.9 Å². The first-order valence-electron chi connectivity index (χ1n) is 5.89. The van der Waals surface area contributed by atoms with Crippen LogP contribution in [-0.4, -0.2) is 11.0 Å². The number of nitrogens with one attached hydrogen (secondary N) is 1.